The van der Waals surface area contributed by atoms with Gasteiger partial charge < -0.3 is 10.2 Å². The van der Waals surface area contributed by atoms with Gasteiger partial charge in [-0.2, -0.15) is 0 Å². The maximum atomic E-state index is 9.33. The van der Waals surface area contributed by atoms with Crippen LogP contribution in [0.15, 0.2) is 0 Å². The van der Waals surface area contributed by atoms with E-state index in [2.05, 4.69) is 18.7 Å². The number of hydrogen-bond acceptors (Lipinski definition) is 3. The minimum Gasteiger partial charge on any atom is -0.393 e. The minimum atomic E-state index is -0.0665. The molecule has 0 spiro atoms. The van der Waals surface area contributed by atoms with Gasteiger partial charge in [-0.1, -0.05) is 0 Å². The fraction of sp³-hybridized carbons (Fsp3) is 1.00. The van der Waals surface area contributed by atoms with E-state index >= 15 is 0 Å². The summed E-state index contributed by atoms with van der Waals surface area (Å²) in [5.74, 6) is 0.681. The van der Waals surface area contributed by atoms with Crippen molar-refractivity contribution in [1.29, 1.82) is 0 Å². The molecule has 0 bridgehead atoms. The smallest absolute Gasteiger partial charge is 0.0570 e. The summed E-state index contributed by atoms with van der Waals surface area (Å²) in [5.41, 5.74) is 0. The van der Waals surface area contributed by atoms with Crippen molar-refractivity contribution in [2.45, 2.75) is 63.8 Å². The first-order valence-electron chi connectivity index (χ1n) is 6.18. The second-order valence-corrected chi connectivity index (χ2v) is 5.56. The number of aliphatic hydroxyl groups is 2. The number of hydrogen-bond donors (Lipinski definition) is 2. The molecule has 15 heavy (non-hydrogen) atoms. The molecule has 0 aromatic heterocycles. The Hall–Kier alpha value is -0.120. The van der Waals surface area contributed by atoms with E-state index in [4.69, 9.17) is 0 Å². The molecule has 3 heteroatoms. The predicted molar refractivity (Wildman–Crippen MR) is 59.6 cm³/mol. The first-order valence-corrected chi connectivity index (χ1v) is 6.18. The highest BCUT2D eigenvalue weighted by atomic mass is 16.3. The summed E-state index contributed by atoms with van der Waals surface area (Å²) in [6, 6.07) is 1.14. The normalized spacial score (nSPS) is 40.4. The van der Waals surface area contributed by atoms with E-state index in [1.54, 1.807) is 0 Å². The lowest BCUT2D eigenvalue weighted by Gasteiger charge is -2.46. The minimum absolute atomic E-state index is 0.0454. The number of aliphatic hydroxyl groups excluding tert-OH is 2. The molecule has 0 saturated heterocycles. The Kier molecular flexibility index (Phi) is 3.33. The van der Waals surface area contributed by atoms with Crippen molar-refractivity contribution in [3.8, 4) is 0 Å². The van der Waals surface area contributed by atoms with Crippen LogP contribution in [0.2, 0.25) is 0 Å². The monoisotopic (exact) mass is 213 g/mol. The van der Waals surface area contributed by atoms with Gasteiger partial charge in [-0.05, 0) is 45.4 Å². The molecule has 3 nitrogen and oxygen atoms in total. The van der Waals surface area contributed by atoms with Gasteiger partial charge in [0.25, 0.3) is 0 Å². The van der Waals surface area contributed by atoms with Crippen LogP contribution in [0.4, 0.5) is 0 Å². The van der Waals surface area contributed by atoms with Crippen LogP contribution >= 0.6 is 0 Å². The molecule has 2 fully saturated rings. The van der Waals surface area contributed by atoms with E-state index in [-0.39, 0.29) is 12.2 Å². The summed E-state index contributed by atoms with van der Waals surface area (Å²) < 4.78 is 0. The topological polar surface area (TPSA) is 43.7 Å². The van der Waals surface area contributed by atoms with Gasteiger partial charge in [0.05, 0.1) is 12.2 Å². The lowest BCUT2D eigenvalue weighted by atomic mass is 9.80. The third-order valence-electron chi connectivity index (χ3n) is 3.90. The van der Waals surface area contributed by atoms with Gasteiger partial charge in [0.15, 0.2) is 0 Å². The zero-order valence-corrected chi connectivity index (χ0v) is 9.76. The van der Waals surface area contributed by atoms with Crippen LogP contribution in [0, 0.1) is 5.92 Å². The fourth-order valence-corrected chi connectivity index (χ4v) is 2.76. The summed E-state index contributed by atoms with van der Waals surface area (Å²) in [6.07, 6.45) is 3.71. The molecule has 2 N–H and O–H groups in total. The third-order valence-corrected chi connectivity index (χ3v) is 3.90. The zero-order valence-electron chi connectivity index (χ0n) is 9.76. The molecule has 0 radical (unpaired) electrons. The van der Waals surface area contributed by atoms with Crippen LogP contribution in [0.3, 0.4) is 0 Å². The second kappa shape index (κ2) is 4.40. The van der Waals surface area contributed by atoms with Crippen molar-refractivity contribution < 1.29 is 10.2 Å². The summed E-state index contributed by atoms with van der Waals surface area (Å²) in [4.78, 5) is 2.50. The van der Waals surface area contributed by atoms with Crippen molar-refractivity contribution in [1.82, 2.24) is 4.90 Å². The molecule has 0 aromatic carbocycles. The Morgan fingerprint density at radius 2 is 1.60 bits per heavy atom. The fourth-order valence-electron chi connectivity index (χ4n) is 2.76. The maximum Gasteiger partial charge on any atom is 0.0570 e. The molecular formula is C12H23NO2. The van der Waals surface area contributed by atoms with Crippen molar-refractivity contribution in [2.24, 2.45) is 5.92 Å². The molecule has 2 aliphatic rings. The largest absolute Gasteiger partial charge is 0.393 e. The first-order chi connectivity index (χ1) is 7.06. The molecule has 2 rings (SSSR count). The van der Waals surface area contributed by atoms with E-state index in [1.165, 1.54) is 0 Å². The Labute approximate surface area is 92.1 Å². The van der Waals surface area contributed by atoms with E-state index in [0.717, 1.165) is 32.2 Å². The van der Waals surface area contributed by atoms with Crippen molar-refractivity contribution >= 4 is 0 Å². The molecule has 0 heterocycles. The van der Waals surface area contributed by atoms with Gasteiger partial charge in [0.1, 0.15) is 0 Å². The predicted octanol–water partition coefficient (Wildman–Crippen LogP) is 0.991. The Morgan fingerprint density at radius 1 is 1.07 bits per heavy atom. The van der Waals surface area contributed by atoms with E-state index in [0.29, 0.717) is 18.0 Å². The van der Waals surface area contributed by atoms with Gasteiger partial charge in [0.2, 0.25) is 0 Å². The molecule has 0 unspecified atom stereocenters. The van der Waals surface area contributed by atoms with Crippen LogP contribution in [-0.2, 0) is 0 Å². The van der Waals surface area contributed by atoms with Crippen molar-refractivity contribution in [2.75, 3.05) is 6.54 Å². The number of nitrogens with zero attached hydrogens (tertiary/aromatic N) is 1. The van der Waals surface area contributed by atoms with Crippen molar-refractivity contribution in [3.63, 3.8) is 0 Å². The van der Waals surface area contributed by atoms with Gasteiger partial charge in [-0.15, -0.1) is 0 Å². The van der Waals surface area contributed by atoms with Crippen molar-refractivity contribution in [3.05, 3.63) is 0 Å². The van der Waals surface area contributed by atoms with E-state index in [9.17, 15) is 10.2 Å². The maximum absolute atomic E-state index is 9.33. The molecule has 0 atom stereocenters. The molecule has 2 saturated carbocycles. The zero-order chi connectivity index (χ0) is 11.0. The lowest BCUT2D eigenvalue weighted by Crippen LogP contribution is -2.53. The summed E-state index contributed by atoms with van der Waals surface area (Å²) in [6.45, 7) is 5.55. The SMILES string of the molecule is CC(C)N(C[C@H]1C[C@H](O)C1)[C@H]1C[C@H](O)C1. The Balaban J connectivity index is 1.79. The molecule has 88 valence electrons. The van der Waals surface area contributed by atoms with Crippen LogP contribution in [0.25, 0.3) is 0 Å². The van der Waals surface area contributed by atoms with Gasteiger partial charge in [0, 0.05) is 18.6 Å². The highest BCUT2D eigenvalue weighted by Crippen LogP contribution is 2.33. The second-order valence-electron chi connectivity index (χ2n) is 5.56. The van der Waals surface area contributed by atoms with E-state index in [1.807, 2.05) is 0 Å². The molecule has 2 aliphatic carbocycles. The van der Waals surface area contributed by atoms with Crippen LogP contribution in [0.5, 0.6) is 0 Å². The third kappa shape index (κ3) is 2.52. The van der Waals surface area contributed by atoms with Gasteiger partial charge in [-0.3, -0.25) is 4.90 Å². The molecule has 0 aromatic rings. The number of rotatable bonds is 4. The molecule has 0 aliphatic heterocycles. The van der Waals surface area contributed by atoms with Crippen LogP contribution in [0.1, 0.15) is 39.5 Å². The Bertz CT molecular complexity index is 208. The summed E-state index contributed by atoms with van der Waals surface area (Å²) in [7, 11) is 0. The molecular weight excluding hydrogens is 190 g/mol. The highest BCUT2D eigenvalue weighted by Gasteiger charge is 2.37. The average molecular weight is 213 g/mol. The average Bonchev–Trinajstić information content (AvgIpc) is 2.05. The standard InChI is InChI=1S/C12H23NO2/c1-8(2)13(10-5-12(15)6-10)7-9-3-11(14)4-9/h8-12,14-15H,3-7H2,1-2H3/t9-,10-,11-,12-. The first kappa shape index (κ1) is 11.4. The highest BCUT2D eigenvalue weighted by molar-refractivity contribution is 4.91. The van der Waals surface area contributed by atoms with Crippen LogP contribution < -0.4 is 0 Å². The summed E-state index contributed by atoms with van der Waals surface area (Å²) >= 11 is 0. The quantitative estimate of drug-likeness (QED) is 0.732. The van der Waals surface area contributed by atoms with E-state index < -0.39 is 0 Å². The van der Waals surface area contributed by atoms with Crippen LogP contribution in [-0.4, -0.2) is 45.9 Å². The van der Waals surface area contributed by atoms with Gasteiger partial charge in [-0.25, -0.2) is 0 Å². The van der Waals surface area contributed by atoms with Gasteiger partial charge >= 0.3 is 0 Å². The Morgan fingerprint density at radius 3 is 2.00 bits per heavy atom. The summed E-state index contributed by atoms with van der Waals surface area (Å²) in [5, 5.41) is 18.6. The lowest BCUT2D eigenvalue weighted by molar-refractivity contribution is -0.0409. The molecule has 0 amide bonds.